The molecule has 2 aromatic rings. The number of ether oxygens (including phenoxy) is 1. The molecule has 31 heavy (non-hydrogen) atoms. The van der Waals surface area contributed by atoms with Crippen LogP contribution in [-0.4, -0.2) is 34.8 Å². The van der Waals surface area contributed by atoms with Gasteiger partial charge in [-0.25, -0.2) is 4.79 Å². The van der Waals surface area contributed by atoms with Crippen molar-refractivity contribution in [3.05, 3.63) is 54.1 Å². The average Bonchev–Trinajstić information content (AvgIpc) is 2.93. The molecule has 164 valence electrons. The molecule has 1 unspecified atom stereocenters. The number of hydrogen-bond acceptors (Lipinski definition) is 4. The molecule has 3 rings (SSSR count). The van der Waals surface area contributed by atoms with E-state index in [-0.39, 0.29) is 12.5 Å². The predicted molar refractivity (Wildman–Crippen MR) is 119 cm³/mol. The van der Waals surface area contributed by atoms with E-state index in [1.165, 1.54) is 0 Å². The van der Waals surface area contributed by atoms with Gasteiger partial charge < -0.3 is 15.4 Å². The minimum atomic E-state index is -0.962. The zero-order valence-corrected chi connectivity index (χ0v) is 18.4. The van der Waals surface area contributed by atoms with Crippen LogP contribution < -0.4 is 15.4 Å². The van der Waals surface area contributed by atoms with Gasteiger partial charge in [0.2, 0.25) is 5.91 Å². The summed E-state index contributed by atoms with van der Waals surface area (Å²) < 4.78 is 5.77. The van der Waals surface area contributed by atoms with Gasteiger partial charge in [-0.15, -0.1) is 0 Å². The van der Waals surface area contributed by atoms with Crippen molar-refractivity contribution in [1.29, 1.82) is 0 Å². The van der Waals surface area contributed by atoms with E-state index >= 15 is 0 Å². The largest absolute Gasteiger partial charge is 0.457 e. The number of aryl methyl sites for hydroxylation is 1. The molecule has 2 N–H and O–H groups in total. The van der Waals surface area contributed by atoms with Crippen molar-refractivity contribution in [3.63, 3.8) is 0 Å². The lowest BCUT2D eigenvalue weighted by Crippen LogP contribution is -2.44. The van der Waals surface area contributed by atoms with E-state index in [1.807, 2.05) is 31.2 Å². The number of nitrogens with zero attached hydrogens (tertiary/aromatic N) is 1. The van der Waals surface area contributed by atoms with Crippen LogP contribution in [0.2, 0.25) is 0 Å². The molecule has 7 nitrogen and oxygen atoms in total. The second-order valence-electron chi connectivity index (χ2n) is 8.57. The molecule has 1 saturated heterocycles. The van der Waals surface area contributed by atoms with Crippen LogP contribution in [0, 0.1) is 12.8 Å². The first-order valence-electron chi connectivity index (χ1n) is 10.4. The molecule has 1 aliphatic heterocycles. The standard InChI is InChI=1S/C24H29N3O4/c1-16(2)13-14-24(4)22(29)27(23(30)26-24)15-21(28)25-18-7-11-20(12-8-18)31-19-9-5-17(3)6-10-19/h5-12,16H,13-15H2,1-4H3,(H,25,28)(H,26,30). The van der Waals surface area contributed by atoms with Crippen LogP contribution in [0.5, 0.6) is 11.5 Å². The Morgan fingerprint density at radius 1 is 1.06 bits per heavy atom. The topological polar surface area (TPSA) is 87.7 Å². The highest BCUT2D eigenvalue weighted by Gasteiger charge is 2.47. The molecule has 4 amide bonds. The lowest BCUT2D eigenvalue weighted by atomic mass is 9.92. The summed E-state index contributed by atoms with van der Waals surface area (Å²) in [5.74, 6) is 0.967. The first-order chi connectivity index (χ1) is 14.7. The number of carbonyl (C=O) groups excluding carboxylic acids is 3. The third-order valence-electron chi connectivity index (χ3n) is 5.26. The molecule has 0 aliphatic carbocycles. The number of amides is 4. The lowest BCUT2D eigenvalue weighted by Gasteiger charge is -2.22. The van der Waals surface area contributed by atoms with Gasteiger partial charge in [0.1, 0.15) is 23.6 Å². The molecule has 0 spiro atoms. The lowest BCUT2D eigenvalue weighted by molar-refractivity contribution is -0.133. The van der Waals surface area contributed by atoms with Gasteiger partial charge >= 0.3 is 6.03 Å². The number of carbonyl (C=O) groups is 3. The molecule has 0 saturated carbocycles. The van der Waals surface area contributed by atoms with Crippen LogP contribution >= 0.6 is 0 Å². The van der Waals surface area contributed by atoms with Gasteiger partial charge in [0.25, 0.3) is 5.91 Å². The Balaban J connectivity index is 1.56. The second-order valence-corrected chi connectivity index (χ2v) is 8.57. The number of rotatable bonds is 8. The fourth-order valence-corrected chi connectivity index (χ4v) is 3.33. The zero-order valence-electron chi connectivity index (χ0n) is 18.4. The Labute approximate surface area is 182 Å². The first-order valence-corrected chi connectivity index (χ1v) is 10.4. The third kappa shape index (κ3) is 5.63. The van der Waals surface area contributed by atoms with Crippen LogP contribution in [0.4, 0.5) is 10.5 Å². The van der Waals surface area contributed by atoms with Crippen molar-refractivity contribution in [3.8, 4) is 11.5 Å². The maximum absolute atomic E-state index is 12.7. The van der Waals surface area contributed by atoms with Crippen molar-refractivity contribution in [2.75, 3.05) is 11.9 Å². The van der Waals surface area contributed by atoms with Gasteiger partial charge in [0.15, 0.2) is 0 Å². The zero-order chi connectivity index (χ0) is 22.6. The number of anilines is 1. The molecule has 0 aromatic heterocycles. The Hall–Kier alpha value is -3.35. The predicted octanol–water partition coefficient (Wildman–Crippen LogP) is 4.47. The Bertz CT molecular complexity index is 954. The van der Waals surface area contributed by atoms with E-state index in [2.05, 4.69) is 24.5 Å². The molecular formula is C24H29N3O4. The number of urea groups is 1. The number of imide groups is 1. The molecule has 0 radical (unpaired) electrons. The summed E-state index contributed by atoms with van der Waals surface area (Å²) in [6, 6.07) is 14.1. The van der Waals surface area contributed by atoms with Gasteiger partial charge in [-0.1, -0.05) is 31.5 Å². The summed E-state index contributed by atoms with van der Waals surface area (Å²) in [5, 5.41) is 5.45. The molecule has 1 fully saturated rings. The van der Waals surface area contributed by atoms with E-state index < -0.39 is 17.5 Å². The van der Waals surface area contributed by atoms with Gasteiger partial charge in [-0.05, 0) is 69.0 Å². The highest BCUT2D eigenvalue weighted by molar-refractivity contribution is 6.09. The van der Waals surface area contributed by atoms with Crippen molar-refractivity contribution in [2.45, 2.75) is 46.1 Å². The van der Waals surface area contributed by atoms with Crippen molar-refractivity contribution in [1.82, 2.24) is 10.2 Å². The number of benzene rings is 2. The van der Waals surface area contributed by atoms with Gasteiger partial charge in [-0.3, -0.25) is 14.5 Å². The Morgan fingerprint density at radius 2 is 1.65 bits per heavy atom. The van der Waals surface area contributed by atoms with Gasteiger partial charge in [0, 0.05) is 5.69 Å². The molecule has 1 heterocycles. The minimum Gasteiger partial charge on any atom is -0.457 e. The monoisotopic (exact) mass is 423 g/mol. The first kappa shape index (κ1) is 22.3. The number of nitrogens with one attached hydrogen (secondary N) is 2. The quantitative estimate of drug-likeness (QED) is 0.613. The number of hydrogen-bond donors (Lipinski definition) is 2. The summed E-state index contributed by atoms with van der Waals surface area (Å²) in [5.41, 5.74) is 0.739. The summed E-state index contributed by atoms with van der Waals surface area (Å²) in [7, 11) is 0. The van der Waals surface area contributed by atoms with Crippen LogP contribution in [0.3, 0.4) is 0 Å². The third-order valence-corrected chi connectivity index (χ3v) is 5.26. The Morgan fingerprint density at radius 3 is 2.23 bits per heavy atom. The van der Waals surface area contributed by atoms with Crippen LogP contribution in [0.25, 0.3) is 0 Å². The van der Waals surface area contributed by atoms with Crippen LogP contribution in [-0.2, 0) is 9.59 Å². The minimum absolute atomic E-state index is 0.330. The molecule has 1 atom stereocenters. The summed E-state index contributed by atoms with van der Waals surface area (Å²) >= 11 is 0. The van der Waals surface area contributed by atoms with Crippen LogP contribution in [0.1, 0.15) is 39.2 Å². The van der Waals surface area contributed by atoms with Crippen LogP contribution in [0.15, 0.2) is 48.5 Å². The van der Waals surface area contributed by atoms with Gasteiger partial charge in [-0.2, -0.15) is 0 Å². The molecule has 2 aromatic carbocycles. The molecule has 7 heteroatoms. The van der Waals surface area contributed by atoms with E-state index in [4.69, 9.17) is 4.74 Å². The van der Waals surface area contributed by atoms with E-state index in [1.54, 1.807) is 31.2 Å². The summed E-state index contributed by atoms with van der Waals surface area (Å²) in [4.78, 5) is 38.4. The summed E-state index contributed by atoms with van der Waals surface area (Å²) in [6.07, 6.45) is 1.34. The molecule has 0 bridgehead atoms. The van der Waals surface area contributed by atoms with Crippen molar-refractivity contribution < 1.29 is 19.1 Å². The highest BCUT2D eigenvalue weighted by atomic mass is 16.5. The average molecular weight is 424 g/mol. The van der Waals surface area contributed by atoms with Crippen molar-refractivity contribution in [2.24, 2.45) is 5.92 Å². The fraction of sp³-hybridized carbons (Fsp3) is 0.375. The normalized spacial score (nSPS) is 18.3. The van der Waals surface area contributed by atoms with E-state index in [9.17, 15) is 14.4 Å². The van der Waals surface area contributed by atoms with E-state index in [0.29, 0.717) is 23.8 Å². The maximum Gasteiger partial charge on any atom is 0.325 e. The van der Waals surface area contributed by atoms with E-state index in [0.717, 1.165) is 22.6 Å². The second kappa shape index (κ2) is 9.20. The Kier molecular flexibility index (Phi) is 6.63. The summed E-state index contributed by atoms with van der Waals surface area (Å²) in [6.45, 7) is 7.51. The maximum atomic E-state index is 12.7. The van der Waals surface area contributed by atoms with Gasteiger partial charge in [0.05, 0.1) is 0 Å². The highest BCUT2D eigenvalue weighted by Crippen LogP contribution is 2.25. The molecule has 1 aliphatic rings. The smallest absolute Gasteiger partial charge is 0.325 e. The fourth-order valence-electron chi connectivity index (χ4n) is 3.33. The molecular weight excluding hydrogens is 394 g/mol. The van der Waals surface area contributed by atoms with Crippen molar-refractivity contribution >= 4 is 23.5 Å². The SMILES string of the molecule is Cc1ccc(Oc2ccc(NC(=O)CN3C(=O)NC(C)(CCC(C)C)C3=O)cc2)cc1.